The zero-order valence-corrected chi connectivity index (χ0v) is 16.0. The molecule has 0 bridgehead atoms. The Bertz CT molecular complexity index is 1130. The van der Waals surface area contributed by atoms with Crippen LogP contribution in [0.5, 0.6) is 5.75 Å². The van der Waals surface area contributed by atoms with Crippen molar-refractivity contribution < 1.29 is 9.53 Å². The molecular weight excluding hydrogens is 366 g/mol. The molecule has 0 saturated carbocycles. The lowest BCUT2D eigenvalue weighted by molar-refractivity contribution is 0.100. The van der Waals surface area contributed by atoms with Gasteiger partial charge >= 0.3 is 0 Å². The largest absolute Gasteiger partial charge is 0.497 e. The topological polar surface area (TPSA) is 98.8 Å². The number of methoxy groups -OCH3 is 1. The molecule has 2 heterocycles. The van der Waals surface area contributed by atoms with E-state index in [9.17, 15) is 4.79 Å². The molecule has 3 N–H and O–H groups in total. The van der Waals surface area contributed by atoms with E-state index in [0.29, 0.717) is 16.8 Å². The third-order valence-corrected chi connectivity index (χ3v) is 4.76. The summed E-state index contributed by atoms with van der Waals surface area (Å²) in [5, 5.41) is 11.7. The van der Waals surface area contributed by atoms with Crippen LogP contribution in [0.4, 0.5) is 0 Å². The van der Waals surface area contributed by atoms with Gasteiger partial charge in [0.2, 0.25) is 5.91 Å². The van der Waals surface area contributed by atoms with Gasteiger partial charge in [-0.15, -0.1) is 0 Å². The molecule has 1 amide bonds. The molecule has 7 heteroatoms. The Balaban J connectivity index is 1.59. The molecule has 146 valence electrons. The predicted octanol–water partition coefficient (Wildman–Crippen LogP) is 3.16. The van der Waals surface area contributed by atoms with Crippen LogP contribution < -0.4 is 10.5 Å². The average Bonchev–Trinajstić information content (AvgIpc) is 3.44. The minimum absolute atomic E-state index is 0.423. The molecule has 0 saturated heterocycles. The molecule has 0 spiro atoms. The highest BCUT2D eigenvalue weighted by Gasteiger charge is 2.15. The van der Waals surface area contributed by atoms with Gasteiger partial charge in [-0.05, 0) is 60.9 Å². The summed E-state index contributed by atoms with van der Waals surface area (Å²) < 4.78 is 7.00. The minimum Gasteiger partial charge on any atom is -0.497 e. The molecule has 2 aromatic heterocycles. The van der Waals surface area contributed by atoms with E-state index in [-0.39, 0.29) is 0 Å². The number of hydrogen-bond donors (Lipinski definition) is 2. The second-order valence-electron chi connectivity index (χ2n) is 6.67. The first-order valence-corrected chi connectivity index (χ1v) is 9.25. The molecule has 7 nitrogen and oxygen atoms in total. The maximum Gasteiger partial charge on any atom is 0.249 e. The van der Waals surface area contributed by atoms with Crippen molar-refractivity contribution in [2.24, 2.45) is 5.73 Å². The summed E-state index contributed by atoms with van der Waals surface area (Å²) in [5.74, 6) is 0.349. The Kier molecular flexibility index (Phi) is 5.11. The molecular formula is C22H21N5O2. The molecule has 4 rings (SSSR count). The van der Waals surface area contributed by atoms with Crippen molar-refractivity contribution in [1.82, 2.24) is 20.0 Å². The summed E-state index contributed by atoms with van der Waals surface area (Å²) in [5.41, 5.74) is 10.3. The highest BCUT2D eigenvalue weighted by atomic mass is 16.5. The minimum atomic E-state index is -0.493. The van der Waals surface area contributed by atoms with Crippen LogP contribution in [-0.2, 0) is 12.8 Å². The summed E-state index contributed by atoms with van der Waals surface area (Å²) in [4.78, 5) is 11.9. The van der Waals surface area contributed by atoms with E-state index in [1.807, 2.05) is 48.7 Å². The number of carbonyl (C=O) groups excluding carboxylic acids is 1. The molecule has 0 unspecified atom stereocenters. The first kappa shape index (κ1) is 18.5. The van der Waals surface area contributed by atoms with Crippen LogP contribution in [-0.4, -0.2) is 33.0 Å². The van der Waals surface area contributed by atoms with E-state index in [4.69, 9.17) is 10.5 Å². The maximum absolute atomic E-state index is 11.9. The van der Waals surface area contributed by atoms with Gasteiger partial charge in [-0.3, -0.25) is 9.89 Å². The lowest BCUT2D eigenvalue weighted by atomic mass is 10.0. The predicted molar refractivity (Wildman–Crippen MR) is 110 cm³/mol. The fourth-order valence-corrected chi connectivity index (χ4v) is 3.26. The lowest BCUT2D eigenvalue weighted by Crippen LogP contribution is -2.13. The number of nitrogens with two attached hydrogens (primary N) is 1. The molecule has 0 fully saturated rings. The normalized spacial score (nSPS) is 10.8. The number of hydrogen-bond acceptors (Lipinski definition) is 4. The number of H-pyrrole nitrogens is 1. The number of nitrogens with one attached hydrogen (secondary N) is 1. The van der Waals surface area contributed by atoms with Crippen molar-refractivity contribution in [2.45, 2.75) is 12.8 Å². The van der Waals surface area contributed by atoms with Gasteiger partial charge < -0.3 is 10.5 Å². The number of ether oxygens (including phenoxy) is 1. The average molecular weight is 387 g/mol. The van der Waals surface area contributed by atoms with E-state index in [1.54, 1.807) is 24.1 Å². The fourth-order valence-electron chi connectivity index (χ4n) is 3.26. The quantitative estimate of drug-likeness (QED) is 0.509. The van der Waals surface area contributed by atoms with Gasteiger partial charge in [0.05, 0.1) is 18.5 Å². The van der Waals surface area contributed by atoms with E-state index >= 15 is 0 Å². The second kappa shape index (κ2) is 8.02. The molecule has 29 heavy (non-hydrogen) atoms. The van der Waals surface area contributed by atoms with E-state index < -0.39 is 5.91 Å². The zero-order valence-electron chi connectivity index (χ0n) is 16.0. The van der Waals surface area contributed by atoms with E-state index in [0.717, 1.165) is 30.0 Å². The molecule has 0 atom stereocenters. The molecule has 0 aliphatic rings. The Morgan fingerprint density at radius 1 is 1.14 bits per heavy atom. The van der Waals surface area contributed by atoms with E-state index in [2.05, 4.69) is 21.4 Å². The molecule has 4 aromatic rings. The highest BCUT2D eigenvalue weighted by Crippen LogP contribution is 2.26. The summed E-state index contributed by atoms with van der Waals surface area (Å²) in [6, 6.07) is 17.2. The number of aromatic amines is 1. The number of aryl methyl sites for hydroxylation is 2. The number of benzene rings is 2. The zero-order chi connectivity index (χ0) is 20.2. The molecule has 2 aromatic carbocycles. The van der Waals surface area contributed by atoms with Crippen LogP contribution in [0.2, 0.25) is 0 Å². The SMILES string of the molecule is COc1cccc(CCc2cc(-c3cc(-n4cccn4)ccc3C(N)=O)n[nH]2)c1. The summed E-state index contributed by atoms with van der Waals surface area (Å²) in [7, 11) is 1.66. The van der Waals surface area contributed by atoms with Gasteiger partial charge in [0.15, 0.2) is 0 Å². The van der Waals surface area contributed by atoms with Gasteiger partial charge in [-0.25, -0.2) is 4.68 Å². The Morgan fingerprint density at radius 2 is 2.03 bits per heavy atom. The van der Waals surface area contributed by atoms with Crippen LogP contribution in [0.15, 0.2) is 67.0 Å². The highest BCUT2D eigenvalue weighted by molar-refractivity contribution is 5.99. The van der Waals surface area contributed by atoms with E-state index in [1.165, 1.54) is 5.56 Å². The van der Waals surface area contributed by atoms with Crippen molar-refractivity contribution >= 4 is 5.91 Å². The van der Waals surface area contributed by atoms with Crippen molar-refractivity contribution in [1.29, 1.82) is 0 Å². The van der Waals surface area contributed by atoms with Crippen LogP contribution in [0.1, 0.15) is 21.6 Å². The smallest absolute Gasteiger partial charge is 0.249 e. The van der Waals surface area contributed by atoms with Gasteiger partial charge in [0.1, 0.15) is 5.75 Å². The Hall–Kier alpha value is -3.87. The van der Waals surface area contributed by atoms with Crippen LogP contribution in [0, 0.1) is 0 Å². The van der Waals surface area contributed by atoms with Crippen molar-refractivity contribution in [3.63, 3.8) is 0 Å². The molecule has 0 radical (unpaired) electrons. The van der Waals surface area contributed by atoms with Crippen molar-refractivity contribution in [3.05, 3.63) is 83.8 Å². The molecule has 0 aliphatic carbocycles. The Morgan fingerprint density at radius 3 is 2.79 bits per heavy atom. The number of carbonyl (C=O) groups is 1. The first-order chi connectivity index (χ1) is 14.1. The summed E-state index contributed by atoms with van der Waals surface area (Å²) in [6.45, 7) is 0. The first-order valence-electron chi connectivity index (χ1n) is 9.25. The number of aromatic nitrogens is 4. The monoisotopic (exact) mass is 387 g/mol. The number of rotatable bonds is 7. The van der Waals surface area contributed by atoms with Crippen molar-refractivity contribution in [3.8, 4) is 22.7 Å². The fraction of sp³-hybridized carbons (Fsp3) is 0.136. The third kappa shape index (κ3) is 4.03. The lowest BCUT2D eigenvalue weighted by Gasteiger charge is -2.08. The van der Waals surface area contributed by atoms with Gasteiger partial charge in [0.25, 0.3) is 0 Å². The summed E-state index contributed by atoms with van der Waals surface area (Å²) in [6.07, 6.45) is 5.17. The number of nitrogens with zero attached hydrogens (tertiary/aromatic N) is 3. The van der Waals surface area contributed by atoms with Gasteiger partial charge in [0, 0.05) is 29.2 Å². The van der Waals surface area contributed by atoms with Crippen LogP contribution in [0.3, 0.4) is 0 Å². The van der Waals surface area contributed by atoms with Gasteiger partial charge in [-0.2, -0.15) is 10.2 Å². The maximum atomic E-state index is 11.9. The summed E-state index contributed by atoms with van der Waals surface area (Å²) >= 11 is 0. The number of primary amides is 1. The Labute approximate surface area is 168 Å². The van der Waals surface area contributed by atoms with Gasteiger partial charge in [-0.1, -0.05) is 12.1 Å². The third-order valence-electron chi connectivity index (χ3n) is 4.76. The van der Waals surface area contributed by atoms with Crippen molar-refractivity contribution in [2.75, 3.05) is 7.11 Å². The number of amides is 1. The van der Waals surface area contributed by atoms with Crippen LogP contribution >= 0.6 is 0 Å². The standard InChI is InChI=1S/C22H21N5O2/c1-29-18-5-2-4-15(12-18)6-7-16-13-21(26-25-16)20-14-17(27-11-3-10-24-27)8-9-19(20)22(23)28/h2-5,8-14H,6-7H2,1H3,(H2,23,28)(H,25,26). The second-order valence-corrected chi connectivity index (χ2v) is 6.67. The van der Waals surface area contributed by atoms with Crippen LogP contribution in [0.25, 0.3) is 16.9 Å². The molecule has 0 aliphatic heterocycles.